The van der Waals surface area contributed by atoms with E-state index in [1.807, 2.05) is 0 Å². The average molecular weight is 493 g/mol. The van der Waals surface area contributed by atoms with Gasteiger partial charge in [0, 0.05) is 49.0 Å². The minimum Gasteiger partial charge on any atom is -0.353 e. The average Bonchev–Trinajstić information content (AvgIpc) is 3.30. The maximum Gasteiger partial charge on any atom is 0.103 e. The number of nitrogens with zero attached hydrogens (tertiary/aromatic N) is 4. The lowest BCUT2D eigenvalue weighted by atomic mass is 10.00. The van der Waals surface area contributed by atoms with Crippen LogP contribution >= 0.6 is 0 Å². The standard InChI is InChI=1S/C33H40N4/c1-21-13-10-14-22(2)32(21)30-19-36(26(6)34(30)8)28-17-12-18-29(25(28)5)37-20-31(35(9)27(37)7)33-23(3)15-11-16-24(33)4/h10-20,26-27H,1-9H3/t26-,27+. The van der Waals surface area contributed by atoms with Crippen LogP contribution in [0.15, 0.2) is 67.0 Å². The zero-order valence-electron chi connectivity index (χ0n) is 23.8. The first-order valence-electron chi connectivity index (χ1n) is 13.3. The van der Waals surface area contributed by atoms with E-state index in [4.69, 9.17) is 0 Å². The van der Waals surface area contributed by atoms with Crippen molar-refractivity contribution in [3.8, 4) is 0 Å². The highest BCUT2D eigenvalue weighted by molar-refractivity contribution is 5.81. The van der Waals surface area contributed by atoms with Gasteiger partial charge >= 0.3 is 0 Å². The third-order valence-electron chi connectivity index (χ3n) is 8.52. The highest BCUT2D eigenvalue weighted by atomic mass is 15.4. The van der Waals surface area contributed by atoms with Crippen molar-refractivity contribution in [2.75, 3.05) is 23.9 Å². The van der Waals surface area contributed by atoms with Crippen molar-refractivity contribution in [1.29, 1.82) is 0 Å². The van der Waals surface area contributed by atoms with Crippen LogP contribution in [0.25, 0.3) is 11.4 Å². The highest BCUT2D eigenvalue weighted by Gasteiger charge is 2.33. The van der Waals surface area contributed by atoms with Gasteiger partial charge in [0.15, 0.2) is 0 Å². The lowest BCUT2D eigenvalue weighted by Gasteiger charge is -2.33. The molecule has 5 rings (SSSR count). The topological polar surface area (TPSA) is 13.0 Å². The molecule has 0 N–H and O–H groups in total. The summed E-state index contributed by atoms with van der Waals surface area (Å²) in [6.45, 7) is 15.7. The summed E-state index contributed by atoms with van der Waals surface area (Å²) >= 11 is 0. The normalized spacial score (nSPS) is 19.6. The number of anilines is 2. The van der Waals surface area contributed by atoms with Gasteiger partial charge in [-0.2, -0.15) is 0 Å². The van der Waals surface area contributed by atoms with Gasteiger partial charge in [-0.05, 0) is 88.4 Å². The summed E-state index contributed by atoms with van der Waals surface area (Å²) in [5.74, 6) is 0. The first kappa shape index (κ1) is 25.0. The molecule has 0 fully saturated rings. The summed E-state index contributed by atoms with van der Waals surface area (Å²) < 4.78 is 0. The van der Waals surface area contributed by atoms with E-state index >= 15 is 0 Å². The third-order valence-corrected chi connectivity index (χ3v) is 8.52. The molecule has 0 amide bonds. The van der Waals surface area contributed by atoms with Gasteiger partial charge in [0.05, 0.1) is 11.4 Å². The van der Waals surface area contributed by atoms with E-state index in [0.29, 0.717) is 0 Å². The molecular weight excluding hydrogens is 452 g/mol. The second-order valence-corrected chi connectivity index (χ2v) is 10.8. The van der Waals surface area contributed by atoms with Gasteiger partial charge < -0.3 is 19.6 Å². The van der Waals surface area contributed by atoms with Crippen molar-refractivity contribution >= 4 is 22.8 Å². The molecular formula is C33H40N4. The number of benzene rings is 3. The van der Waals surface area contributed by atoms with E-state index in [1.54, 1.807) is 0 Å². The van der Waals surface area contributed by atoms with Gasteiger partial charge in [-0.1, -0.05) is 42.5 Å². The quantitative estimate of drug-likeness (QED) is 0.376. The maximum atomic E-state index is 2.43. The van der Waals surface area contributed by atoms with E-state index in [9.17, 15) is 0 Å². The molecule has 4 heteroatoms. The Labute approximate surface area is 223 Å². The Morgan fingerprint density at radius 3 is 1.19 bits per heavy atom. The number of aryl methyl sites for hydroxylation is 4. The molecule has 0 bridgehead atoms. The summed E-state index contributed by atoms with van der Waals surface area (Å²) in [5, 5.41) is 0. The Bertz CT molecular complexity index is 1270. The smallest absolute Gasteiger partial charge is 0.103 e. The summed E-state index contributed by atoms with van der Waals surface area (Å²) in [4.78, 5) is 9.65. The molecule has 2 heterocycles. The fraction of sp³-hybridized carbons (Fsp3) is 0.333. The molecule has 2 aliphatic rings. The van der Waals surface area contributed by atoms with Crippen LogP contribution in [0.3, 0.4) is 0 Å². The Morgan fingerprint density at radius 1 is 0.514 bits per heavy atom. The predicted molar refractivity (Wildman–Crippen MR) is 158 cm³/mol. The van der Waals surface area contributed by atoms with E-state index in [0.717, 1.165) is 0 Å². The van der Waals surface area contributed by atoms with Crippen LogP contribution in [-0.2, 0) is 0 Å². The molecule has 37 heavy (non-hydrogen) atoms. The van der Waals surface area contributed by atoms with Crippen LogP contribution in [0.5, 0.6) is 0 Å². The van der Waals surface area contributed by atoms with Gasteiger partial charge in [0.2, 0.25) is 0 Å². The summed E-state index contributed by atoms with van der Waals surface area (Å²) in [7, 11) is 4.41. The van der Waals surface area contributed by atoms with Gasteiger partial charge in [-0.15, -0.1) is 0 Å². The third kappa shape index (κ3) is 3.99. The second-order valence-electron chi connectivity index (χ2n) is 10.8. The Balaban J connectivity index is 1.57. The van der Waals surface area contributed by atoms with E-state index in [-0.39, 0.29) is 12.3 Å². The molecule has 0 saturated heterocycles. The molecule has 0 radical (unpaired) electrons. The minimum absolute atomic E-state index is 0.224. The van der Waals surface area contributed by atoms with Crippen molar-refractivity contribution in [3.63, 3.8) is 0 Å². The van der Waals surface area contributed by atoms with E-state index in [2.05, 4.69) is 149 Å². The molecule has 0 unspecified atom stereocenters. The second kappa shape index (κ2) is 9.33. The lowest BCUT2D eigenvalue weighted by Crippen LogP contribution is -2.36. The molecule has 192 valence electrons. The van der Waals surface area contributed by atoms with E-state index < -0.39 is 0 Å². The Hall–Kier alpha value is -3.66. The van der Waals surface area contributed by atoms with Crippen LogP contribution in [0.4, 0.5) is 11.4 Å². The van der Waals surface area contributed by atoms with Gasteiger partial charge in [0.25, 0.3) is 0 Å². The van der Waals surface area contributed by atoms with Crippen molar-refractivity contribution < 1.29 is 0 Å². The molecule has 3 aromatic carbocycles. The largest absolute Gasteiger partial charge is 0.353 e. The van der Waals surface area contributed by atoms with Gasteiger partial charge in [-0.25, -0.2) is 0 Å². The van der Waals surface area contributed by atoms with Crippen LogP contribution in [-0.4, -0.2) is 36.2 Å². The molecule has 0 aliphatic carbocycles. The van der Waals surface area contributed by atoms with Crippen LogP contribution in [0.1, 0.15) is 52.8 Å². The maximum absolute atomic E-state index is 2.43. The summed E-state index contributed by atoms with van der Waals surface area (Å²) in [6, 6.07) is 19.8. The number of hydrogen-bond acceptors (Lipinski definition) is 4. The Kier molecular flexibility index (Phi) is 6.31. The number of rotatable bonds is 4. The van der Waals surface area contributed by atoms with Crippen LogP contribution < -0.4 is 9.80 Å². The predicted octanol–water partition coefficient (Wildman–Crippen LogP) is 7.42. The fourth-order valence-corrected chi connectivity index (χ4v) is 6.07. The van der Waals surface area contributed by atoms with Crippen LogP contribution in [0, 0.1) is 34.6 Å². The minimum atomic E-state index is 0.224. The molecule has 2 aliphatic heterocycles. The monoisotopic (exact) mass is 492 g/mol. The lowest BCUT2D eigenvalue weighted by molar-refractivity contribution is 0.397. The van der Waals surface area contributed by atoms with Gasteiger partial charge in [0.1, 0.15) is 12.3 Å². The van der Waals surface area contributed by atoms with Gasteiger partial charge in [-0.3, -0.25) is 0 Å². The molecule has 0 saturated carbocycles. The number of hydrogen-bond donors (Lipinski definition) is 0. The fourth-order valence-electron chi connectivity index (χ4n) is 6.07. The van der Waals surface area contributed by atoms with Crippen molar-refractivity contribution in [2.45, 2.75) is 60.8 Å². The molecule has 4 nitrogen and oxygen atoms in total. The zero-order chi connectivity index (χ0) is 26.6. The summed E-state index contributed by atoms with van der Waals surface area (Å²) in [5.41, 5.74) is 14.3. The zero-order valence-corrected chi connectivity index (χ0v) is 23.8. The molecule has 0 spiro atoms. The van der Waals surface area contributed by atoms with Crippen molar-refractivity contribution in [3.05, 3.63) is 106 Å². The van der Waals surface area contributed by atoms with Crippen LogP contribution in [0.2, 0.25) is 0 Å². The first-order chi connectivity index (χ1) is 17.6. The Morgan fingerprint density at radius 2 is 0.838 bits per heavy atom. The van der Waals surface area contributed by atoms with Crippen molar-refractivity contribution in [2.24, 2.45) is 0 Å². The molecule has 3 aromatic rings. The highest BCUT2D eigenvalue weighted by Crippen LogP contribution is 2.41. The summed E-state index contributed by atoms with van der Waals surface area (Å²) in [6.07, 6.45) is 5.12. The van der Waals surface area contributed by atoms with Crippen molar-refractivity contribution in [1.82, 2.24) is 9.80 Å². The first-order valence-corrected chi connectivity index (χ1v) is 13.3. The molecule has 0 aromatic heterocycles. The molecule has 2 atom stereocenters. The SMILES string of the molecule is Cc1cccc(C)c1C1=CN(c2cccc(N3C=C(c4c(C)cccc4C)N(C)[C@@H]3C)c2C)[C@H](C)N1C. The van der Waals surface area contributed by atoms with E-state index in [1.165, 1.54) is 61.7 Å².